The summed E-state index contributed by atoms with van der Waals surface area (Å²) in [5.41, 5.74) is 10.3. The van der Waals surface area contributed by atoms with Crippen molar-refractivity contribution in [2.45, 2.75) is 0 Å². The number of nitrogens with zero attached hydrogens (tertiary/aromatic N) is 3. The number of rotatable bonds is 4. The Kier molecular flexibility index (Phi) is 6.05. The van der Waals surface area contributed by atoms with Gasteiger partial charge < -0.3 is 0 Å². The summed E-state index contributed by atoms with van der Waals surface area (Å²) in [6, 6.07) is 58.8. The minimum atomic E-state index is 0.844. The molecule has 7 aromatic carbocycles. The molecule has 0 atom stereocenters. The van der Waals surface area contributed by atoms with Crippen molar-refractivity contribution in [3.05, 3.63) is 164 Å². The fourth-order valence-corrected chi connectivity index (χ4v) is 8.38. The molecule has 3 aromatic heterocycles. The summed E-state index contributed by atoms with van der Waals surface area (Å²) in [5.74, 6) is 0.844. The van der Waals surface area contributed by atoms with Crippen molar-refractivity contribution < 1.29 is 0 Å². The summed E-state index contributed by atoms with van der Waals surface area (Å²) in [5, 5.41) is 15.5. The number of thiophene rings is 1. The third-order valence-electron chi connectivity index (χ3n) is 9.51. The van der Waals surface area contributed by atoms with Gasteiger partial charge in [0.25, 0.3) is 0 Å². The molecule has 10 rings (SSSR count). The maximum Gasteiger partial charge on any atom is 0.169 e. The first-order valence-corrected chi connectivity index (χ1v) is 17.0. The van der Waals surface area contributed by atoms with Crippen LogP contribution >= 0.6 is 11.3 Å². The molecule has 0 saturated heterocycles. The van der Waals surface area contributed by atoms with Crippen LogP contribution in [-0.2, 0) is 0 Å². The molecule has 224 valence electrons. The van der Waals surface area contributed by atoms with Gasteiger partial charge in [-0.1, -0.05) is 133 Å². The first kappa shape index (κ1) is 27.1. The molecule has 0 amide bonds. The van der Waals surface area contributed by atoms with Gasteiger partial charge in [-0.3, -0.25) is 4.40 Å². The molecule has 0 bridgehead atoms. The Bertz CT molecular complexity index is 2810. The lowest BCUT2D eigenvalue weighted by atomic mass is 9.95. The zero-order valence-electron chi connectivity index (χ0n) is 25.8. The first-order chi connectivity index (χ1) is 23.8. The van der Waals surface area contributed by atoms with E-state index in [-0.39, 0.29) is 0 Å². The molecule has 0 aliphatic rings. The summed E-state index contributed by atoms with van der Waals surface area (Å²) in [6.45, 7) is 0. The quantitative estimate of drug-likeness (QED) is 0.181. The van der Waals surface area contributed by atoms with E-state index in [1.54, 1.807) is 0 Å². The molecule has 0 spiro atoms. The van der Waals surface area contributed by atoms with Gasteiger partial charge in [-0.05, 0) is 63.5 Å². The fraction of sp³-hybridized carbons (Fsp3) is 0. The van der Waals surface area contributed by atoms with Crippen LogP contribution in [0.5, 0.6) is 0 Å². The predicted molar refractivity (Wildman–Crippen MR) is 203 cm³/mol. The van der Waals surface area contributed by atoms with Gasteiger partial charge in [-0.2, -0.15) is 0 Å². The van der Waals surface area contributed by atoms with E-state index in [4.69, 9.17) is 10.2 Å². The minimum absolute atomic E-state index is 0.844. The van der Waals surface area contributed by atoms with Gasteiger partial charge >= 0.3 is 0 Å². The summed E-state index contributed by atoms with van der Waals surface area (Å²) in [7, 11) is 0. The molecular weight excluding hydrogens is 603 g/mol. The van der Waals surface area contributed by atoms with Gasteiger partial charge in [0, 0.05) is 42.1 Å². The molecule has 0 N–H and O–H groups in total. The van der Waals surface area contributed by atoms with Crippen molar-refractivity contribution in [3.8, 4) is 44.8 Å². The number of para-hydroxylation sites is 1. The second kappa shape index (κ2) is 10.7. The largest absolute Gasteiger partial charge is 0.274 e. The van der Waals surface area contributed by atoms with E-state index < -0.39 is 0 Å². The highest BCUT2D eigenvalue weighted by molar-refractivity contribution is 7.26. The monoisotopic (exact) mass is 629 g/mol. The molecule has 10 aromatic rings. The number of aromatic nitrogens is 3. The number of hydrogen-bond donors (Lipinski definition) is 0. The van der Waals surface area contributed by atoms with E-state index in [1.165, 1.54) is 64.3 Å². The summed E-state index contributed by atoms with van der Waals surface area (Å²) >= 11 is 1.87. The Morgan fingerprint density at radius 1 is 0.396 bits per heavy atom. The number of pyridine rings is 1. The number of benzene rings is 7. The van der Waals surface area contributed by atoms with Crippen LogP contribution in [0.25, 0.3) is 92.3 Å². The maximum atomic E-state index is 4.75. The molecule has 4 heteroatoms. The second-order valence-corrected chi connectivity index (χ2v) is 13.3. The molecule has 0 unspecified atom stereocenters. The molecule has 0 saturated carbocycles. The highest BCUT2D eigenvalue weighted by Crippen LogP contribution is 2.44. The van der Waals surface area contributed by atoms with Crippen LogP contribution in [0.1, 0.15) is 0 Å². The molecule has 0 radical (unpaired) electrons. The molecular formula is C44H27N3S. The van der Waals surface area contributed by atoms with Gasteiger partial charge in [0.05, 0.1) is 5.52 Å². The Morgan fingerprint density at radius 3 is 1.77 bits per heavy atom. The van der Waals surface area contributed by atoms with Crippen LogP contribution in [0.2, 0.25) is 0 Å². The van der Waals surface area contributed by atoms with Crippen molar-refractivity contribution in [3.63, 3.8) is 0 Å². The van der Waals surface area contributed by atoms with Crippen LogP contribution in [-0.4, -0.2) is 14.6 Å². The molecule has 3 nitrogen and oxygen atoms in total. The normalized spacial score (nSPS) is 11.8. The topological polar surface area (TPSA) is 30.2 Å². The van der Waals surface area contributed by atoms with Gasteiger partial charge in [-0.15, -0.1) is 21.5 Å². The van der Waals surface area contributed by atoms with E-state index in [0.717, 1.165) is 27.9 Å². The summed E-state index contributed by atoms with van der Waals surface area (Å²) < 4.78 is 4.80. The Hall–Kier alpha value is -6.10. The predicted octanol–water partition coefficient (Wildman–Crippen LogP) is 12.1. The summed E-state index contributed by atoms with van der Waals surface area (Å²) in [4.78, 5) is 0. The van der Waals surface area contributed by atoms with E-state index >= 15 is 0 Å². The highest BCUT2D eigenvalue weighted by atomic mass is 32.1. The number of hydrogen-bond acceptors (Lipinski definition) is 3. The van der Waals surface area contributed by atoms with Crippen molar-refractivity contribution in [1.29, 1.82) is 0 Å². The standard InChI is InChI=1S/C44H27N3S/c1-3-11-28(12-4-1)32-23-24-41-38(25-32)39-27-33(29-13-5-2-6-14-29)26-37(42(39)48-41)30-19-21-31(22-20-30)43-45-46-44-36-17-8-7-15-34(36)35-16-9-10-18-40(35)47(43)44/h1-27H. The SMILES string of the molecule is c1ccc(-c2ccc3sc4c(-c5ccc(-c6nnc7c8ccccc8c8ccccc8n67)cc5)cc(-c5ccccc5)cc4c3c2)cc1. The average molecular weight is 630 g/mol. The van der Waals surface area contributed by atoms with Crippen LogP contribution < -0.4 is 0 Å². The lowest BCUT2D eigenvalue weighted by Crippen LogP contribution is -1.94. The van der Waals surface area contributed by atoms with E-state index in [2.05, 4.69) is 168 Å². The summed E-state index contributed by atoms with van der Waals surface area (Å²) in [6.07, 6.45) is 0. The highest BCUT2D eigenvalue weighted by Gasteiger charge is 2.18. The zero-order chi connectivity index (χ0) is 31.6. The van der Waals surface area contributed by atoms with Crippen LogP contribution in [0.15, 0.2) is 164 Å². The lowest BCUT2D eigenvalue weighted by Gasteiger charge is -2.11. The van der Waals surface area contributed by atoms with Gasteiger partial charge in [0.2, 0.25) is 0 Å². The van der Waals surface area contributed by atoms with Crippen LogP contribution in [0.4, 0.5) is 0 Å². The second-order valence-electron chi connectivity index (χ2n) is 12.3. The van der Waals surface area contributed by atoms with Gasteiger partial charge in [0.1, 0.15) is 0 Å². The number of fused-ring (bicyclic) bond motifs is 9. The third kappa shape index (κ3) is 4.20. The van der Waals surface area contributed by atoms with Crippen LogP contribution in [0.3, 0.4) is 0 Å². The third-order valence-corrected chi connectivity index (χ3v) is 10.7. The molecule has 3 heterocycles. The molecule has 0 aliphatic heterocycles. The van der Waals surface area contributed by atoms with E-state index in [0.29, 0.717) is 0 Å². The average Bonchev–Trinajstić information content (AvgIpc) is 3.78. The van der Waals surface area contributed by atoms with E-state index in [1.807, 2.05) is 11.3 Å². The Labute approximate surface area is 281 Å². The fourth-order valence-electron chi connectivity index (χ4n) is 7.18. The van der Waals surface area contributed by atoms with Crippen molar-refractivity contribution in [2.75, 3.05) is 0 Å². The lowest BCUT2D eigenvalue weighted by molar-refractivity contribution is 1.12. The smallest absolute Gasteiger partial charge is 0.169 e. The molecule has 0 aliphatic carbocycles. The first-order valence-electron chi connectivity index (χ1n) is 16.2. The molecule has 0 fully saturated rings. The minimum Gasteiger partial charge on any atom is -0.274 e. The Morgan fingerprint density at radius 2 is 1.00 bits per heavy atom. The van der Waals surface area contributed by atoms with Crippen molar-refractivity contribution in [1.82, 2.24) is 14.6 Å². The molecule has 48 heavy (non-hydrogen) atoms. The van der Waals surface area contributed by atoms with E-state index in [9.17, 15) is 0 Å². The van der Waals surface area contributed by atoms with Crippen molar-refractivity contribution >= 4 is 58.8 Å². The van der Waals surface area contributed by atoms with Crippen LogP contribution in [0, 0.1) is 0 Å². The maximum absolute atomic E-state index is 4.75. The van der Waals surface area contributed by atoms with Gasteiger partial charge in [0.15, 0.2) is 11.5 Å². The zero-order valence-corrected chi connectivity index (χ0v) is 26.7. The Balaban J connectivity index is 1.16. The van der Waals surface area contributed by atoms with Crippen molar-refractivity contribution in [2.24, 2.45) is 0 Å². The van der Waals surface area contributed by atoms with Gasteiger partial charge in [-0.25, -0.2) is 0 Å².